The van der Waals surface area contributed by atoms with Crippen LogP contribution in [0.1, 0.15) is 55.4 Å². The molecule has 0 aliphatic carbocycles. The quantitative estimate of drug-likeness (QED) is 0.187. The predicted octanol–water partition coefficient (Wildman–Crippen LogP) is 5.88. The van der Waals surface area contributed by atoms with Crippen molar-refractivity contribution >= 4 is 45.2 Å². The van der Waals surface area contributed by atoms with Crippen LogP contribution in [-0.4, -0.2) is 51.1 Å². The molecule has 0 bridgehead atoms. The number of alkyl halides is 1. The molecular weight excluding hydrogens is 503 g/mol. The molecule has 0 radical (unpaired) electrons. The van der Waals surface area contributed by atoms with Crippen LogP contribution in [0.15, 0.2) is 0 Å². The van der Waals surface area contributed by atoms with Gasteiger partial charge >= 0.3 is 5.97 Å². The summed E-state index contributed by atoms with van der Waals surface area (Å²) < 4.78 is 25.1. The highest BCUT2D eigenvalue weighted by Crippen LogP contribution is 2.44. The minimum absolute atomic E-state index is 0.0728. The van der Waals surface area contributed by atoms with Crippen LogP contribution < -0.4 is 0 Å². The summed E-state index contributed by atoms with van der Waals surface area (Å²) in [5.41, 5.74) is 0. The van der Waals surface area contributed by atoms with E-state index in [2.05, 4.69) is 90.3 Å². The maximum atomic E-state index is 11.6. The zero-order valence-electron chi connectivity index (χ0n) is 19.8. The molecule has 1 rings (SSSR count). The second-order valence-corrected chi connectivity index (χ2v) is 21.9. The second kappa shape index (κ2) is 8.94. The van der Waals surface area contributed by atoms with Gasteiger partial charge in [-0.25, -0.2) is 0 Å². The number of ether oxygens (including phenoxy) is 2. The van der Waals surface area contributed by atoms with Crippen molar-refractivity contribution in [3.05, 3.63) is 0 Å². The highest BCUT2D eigenvalue weighted by Gasteiger charge is 2.52. The summed E-state index contributed by atoms with van der Waals surface area (Å²) in [6, 6.07) is 0. The molecule has 1 aliphatic heterocycles. The van der Waals surface area contributed by atoms with Crippen molar-refractivity contribution in [3.8, 4) is 0 Å². The van der Waals surface area contributed by atoms with E-state index >= 15 is 0 Å². The lowest BCUT2D eigenvalue weighted by atomic mass is 10.0. The molecule has 0 aromatic heterocycles. The zero-order chi connectivity index (χ0) is 22.3. The Morgan fingerprint density at radius 2 is 1.29 bits per heavy atom. The highest BCUT2D eigenvalue weighted by molar-refractivity contribution is 14.1. The lowest BCUT2D eigenvalue weighted by molar-refractivity contribution is -0.229. The van der Waals surface area contributed by atoms with Crippen LogP contribution >= 0.6 is 22.6 Å². The third kappa shape index (κ3) is 6.26. The highest BCUT2D eigenvalue weighted by atomic mass is 127. The molecule has 0 aromatic rings. The summed E-state index contributed by atoms with van der Waals surface area (Å²) >= 11 is 2.31. The van der Waals surface area contributed by atoms with Gasteiger partial charge in [-0.2, -0.15) is 0 Å². The Labute approximate surface area is 188 Å². The van der Waals surface area contributed by atoms with Gasteiger partial charge in [-0.3, -0.25) is 4.79 Å². The van der Waals surface area contributed by atoms with E-state index in [-0.39, 0.29) is 38.3 Å². The van der Waals surface area contributed by atoms with E-state index in [1.54, 1.807) is 0 Å². The maximum Gasteiger partial charge on any atom is 0.304 e. The van der Waals surface area contributed by atoms with E-state index in [1.165, 1.54) is 6.92 Å². The zero-order valence-corrected chi connectivity index (χ0v) is 24.0. The Hall–Kier alpha value is 0.514. The summed E-state index contributed by atoms with van der Waals surface area (Å²) in [5.74, 6) is -0.339. The van der Waals surface area contributed by atoms with E-state index in [9.17, 15) is 4.79 Å². The van der Waals surface area contributed by atoms with Crippen molar-refractivity contribution in [1.29, 1.82) is 0 Å². The van der Waals surface area contributed by atoms with Gasteiger partial charge in [0.05, 0.1) is 18.3 Å². The number of carbonyl (C=O) groups is 1. The van der Waals surface area contributed by atoms with Crippen molar-refractivity contribution in [2.75, 3.05) is 0 Å². The standard InChI is InChI=1S/C20H41IO5Si2/c1-13-16(25-27(9,10)19(3,4)5)17(26-28(11,12)20(6,7)8)15(21)18(23-13)24-14(2)22/h13,15-18H,1-12H3/t13-,15+,16-,17-,18-/m0/s1. The molecule has 1 heterocycles. The Bertz CT molecular complexity index is 554. The first-order chi connectivity index (χ1) is 12.3. The fraction of sp³-hybridized carbons (Fsp3) is 0.950. The van der Waals surface area contributed by atoms with Crippen LogP contribution in [0.25, 0.3) is 0 Å². The molecule has 0 unspecified atom stereocenters. The van der Waals surface area contributed by atoms with Gasteiger partial charge < -0.3 is 18.3 Å². The number of halogens is 1. The molecule has 28 heavy (non-hydrogen) atoms. The molecule has 1 aliphatic rings. The Morgan fingerprint density at radius 1 is 0.893 bits per heavy atom. The molecule has 0 N–H and O–H groups in total. The lowest BCUT2D eigenvalue weighted by Crippen LogP contribution is -2.63. The number of carbonyl (C=O) groups excluding carboxylic acids is 1. The monoisotopic (exact) mass is 544 g/mol. The number of hydrogen-bond donors (Lipinski definition) is 0. The van der Waals surface area contributed by atoms with Crippen LogP contribution in [0.5, 0.6) is 0 Å². The van der Waals surface area contributed by atoms with Gasteiger partial charge in [0.15, 0.2) is 16.6 Å². The first-order valence-corrected chi connectivity index (χ1v) is 17.2. The molecule has 0 aromatic carbocycles. The van der Waals surface area contributed by atoms with Gasteiger partial charge in [0.1, 0.15) is 3.92 Å². The first kappa shape index (κ1) is 26.5. The molecule has 5 nitrogen and oxygen atoms in total. The Balaban J connectivity index is 3.28. The van der Waals surface area contributed by atoms with E-state index < -0.39 is 22.9 Å². The first-order valence-electron chi connectivity index (χ1n) is 10.1. The van der Waals surface area contributed by atoms with Gasteiger partial charge in [-0.1, -0.05) is 64.1 Å². The number of rotatable bonds is 5. The predicted molar refractivity (Wildman–Crippen MR) is 128 cm³/mol. The molecule has 8 heteroatoms. The van der Waals surface area contributed by atoms with E-state index in [1.807, 2.05) is 6.92 Å². The van der Waals surface area contributed by atoms with E-state index in [0.717, 1.165) is 0 Å². The smallest absolute Gasteiger partial charge is 0.304 e. The largest absolute Gasteiger partial charge is 0.435 e. The fourth-order valence-corrected chi connectivity index (χ4v) is 6.38. The van der Waals surface area contributed by atoms with E-state index in [0.29, 0.717) is 0 Å². The SMILES string of the molecule is CC(=O)O[C@@H]1O[C@@H](C)[C@H](O[Si](C)(C)C(C)(C)C)[C@@H](O[Si](C)(C)C(C)(C)C)[C@H]1I. The minimum atomic E-state index is -2.06. The van der Waals surface area contributed by atoms with Gasteiger partial charge in [-0.15, -0.1) is 0 Å². The molecule has 1 fully saturated rings. The molecule has 5 atom stereocenters. The third-order valence-corrected chi connectivity index (χ3v) is 16.7. The molecule has 0 amide bonds. The Kier molecular flexibility index (Phi) is 8.48. The van der Waals surface area contributed by atoms with Gasteiger partial charge in [-0.05, 0) is 43.2 Å². The van der Waals surface area contributed by atoms with Crippen LogP contribution in [0.4, 0.5) is 0 Å². The summed E-state index contributed by atoms with van der Waals surface area (Å²) in [4.78, 5) is 11.6. The fourth-order valence-electron chi connectivity index (χ4n) is 2.55. The van der Waals surface area contributed by atoms with Crippen molar-refractivity contribution in [2.24, 2.45) is 0 Å². The molecule has 1 saturated heterocycles. The average Bonchev–Trinajstić information content (AvgIpc) is 2.45. The summed E-state index contributed by atoms with van der Waals surface area (Å²) in [6.07, 6.45) is -1.23. The molecular formula is C20H41IO5Si2. The molecule has 166 valence electrons. The number of hydrogen-bond acceptors (Lipinski definition) is 5. The minimum Gasteiger partial charge on any atom is -0.435 e. The summed E-state index contributed by atoms with van der Waals surface area (Å²) in [7, 11) is -4.10. The molecule has 0 saturated carbocycles. The number of esters is 1. The van der Waals surface area contributed by atoms with E-state index in [4.69, 9.17) is 18.3 Å². The van der Waals surface area contributed by atoms with Gasteiger partial charge in [0.2, 0.25) is 6.29 Å². The molecule has 0 spiro atoms. The maximum absolute atomic E-state index is 11.6. The van der Waals surface area contributed by atoms with Crippen molar-refractivity contribution in [1.82, 2.24) is 0 Å². The summed E-state index contributed by atoms with van der Waals surface area (Å²) in [6.45, 7) is 25.8. The van der Waals surface area contributed by atoms with Crippen molar-refractivity contribution < 1.29 is 23.1 Å². The van der Waals surface area contributed by atoms with Gasteiger partial charge in [0, 0.05) is 6.92 Å². The normalized spacial score (nSPS) is 30.2. The lowest BCUT2D eigenvalue weighted by Gasteiger charge is -2.51. The van der Waals surface area contributed by atoms with Gasteiger partial charge in [0.25, 0.3) is 0 Å². The van der Waals surface area contributed by atoms with Crippen LogP contribution in [0, 0.1) is 0 Å². The van der Waals surface area contributed by atoms with Crippen LogP contribution in [0.2, 0.25) is 36.3 Å². The topological polar surface area (TPSA) is 54.0 Å². The average molecular weight is 545 g/mol. The van der Waals surface area contributed by atoms with Crippen molar-refractivity contribution in [2.45, 2.75) is 120 Å². The second-order valence-electron chi connectivity index (χ2n) is 10.9. The van der Waals surface area contributed by atoms with Crippen LogP contribution in [-0.2, 0) is 23.1 Å². The van der Waals surface area contributed by atoms with Crippen LogP contribution in [0.3, 0.4) is 0 Å². The Morgan fingerprint density at radius 3 is 1.64 bits per heavy atom. The third-order valence-electron chi connectivity index (χ3n) is 6.46. The summed E-state index contributed by atoms with van der Waals surface area (Å²) in [5, 5.41) is 0.158. The van der Waals surface area contributed by atoms with Crippen molar-refractivity contribution in [3.63, 3.8) is 0 Å².